The number of nitrogens with zero attached hydrogens (tertiary/aromatic N) is 1. The molecule has 0 bridgehead atoms. The van der Waals surface area contributed by atoms with Crippen molar-refractivity contribution in [2.24, 2.45) is 0 Å². The zero-order chi connectivity index (χ0) is 11.9. The molecule has 17 heavy (non-hydrogen) atoms. The molecule has 0 aliphatic carbocycles. The van der Waals surface area contributed by atoms with Crippen LogP contribution in [0.15, 0.2) is 49.1 Å². The second-order valence-corrected chi connectivity index (χ2v) is 4.38. The van der Waals surface area contributed by atoms with Crippen molar-refractivity contribution in [2.45, 2.75) is 32.1 Å². The lowest BCUT2D eigenvalue weighted by atomic mass is 10.1. The third-order valence-corrected chi connectivity index (χ3v) is 3.00. The van der Waals surface area contributed by atoms with Gasteiger partial charge in [-0.3, -0.25) is 4.98 Å². The van der Waals surface area contributed by atoms with Gasteiger partial charge in [-0.05, 0) is 37.8 Å². The van der Waals surface area contributed by atoms with Gasteiger partial charge in [0.25, 0.3) is 0 Å². The molecule has 0 saturated carbocycles. The van der Waals surface area contributed by atoms with Gasteiger partial charge < -0.3 is 0 Å². The highest BCUT2D eigenvalue weighted by Crippen LogP contribution is 2.13. The largest absolute Gasteiger partial charge is 0.253 e. The van der Waals surface area contributed by atoms with E-state index in [4.69, 9.17) is 0 Å². The summed E-state index contributed by atoms with van der Waals surface area (Å²) in [5.41, 5.74) is 2.32. The first kappa shape index (κ1) is 11.8. The van der Waals surface area contributed by atoms with E-state index < -0.39 is 0 Å². The molecule has 2 aromatic rings. The summed E-state index contributed by atoms with van der Waals surface area (Å²) >= 11 is 0. The van der Waals surface area contributed by atoms with Gasteiger partial charge in [-0.2, -0.15) is 0 Å². The number of rotatable bonds is 6. The van der Waals surface area contributed by atoms with Crippen LogP contribution in [0.2, 0.25) is 0 Å². The molecule has 0 spiro atoms. The summed E-state index contributed by atoms with van der Waals surface area (Å²) in [6.07, 6.45) is 7.94. The fraction of sp³-hybridized carbons (Fsp3) is 0.312. The van der Waals surface area contributed by atoms with E-state index in [1.807, 2.05) is 12.1 Å². The Bertz CT molecular complexity index is 488. The van der Waals surface area contributed by atoms with Crippen LogP contribution in [0.4, 0.5) is 0 Å². The summed E-state index contributed by atoms with van der Waals surface area (Å²) < 4.78 is 0. The molecule has 0 fully saturated rings. The Morgan fingerprint density at radius 3 is 2.76 bits per heavy atom. The molecule has 0 unspecified atom stereocenters. The maximum absolute atomic E-state index is 4.67. The molecule has 88 valence electrons. The zero-order valence-corrected chi connectivity index (χ0v) is 10.2. The monoisotopic (exact) mass is 225 g/mol. The maximum atomic E-state index is 4.67. The lowest BCUT2D eigenvalue weighted by Gasteiger charge is -2.02. The third-order valence-electron chi connectivity index (χ3n) is 3.00. The van der Waals surface area contributed by atoms with E-state index >= 15 is 0 Å². The predicted molar refractivity (Wildman–Crippen MR) is 74.1 cm³/mol. The van der Waals surface area contributed by atoms with E-state index in [1.165, 1.54) is 30.3 Å². The van der Waals surface area contributed by atoms with Gasteiger partial charge in [-0.1, -0.05) is 36.8 Å². The molecule has 0 aliphatic rings. The Balaban J connectivity index is 1.92. The highest BCUT2D eigenvalue weighted by Gasteiger charge is 1.97. The minimum absolute atomic E-state index is 1.09. The summed E-state index contributed by atoms with van der Waals surface area (Å²) in [5.74, 6) is 0. The number of hydrogen-bond acceptors (Lipinski definition) is 1. The normalized spacial score (nSPS) is 10.6. The maximum Gasteiger partial charge on any atom is 0.0705 e. The van der Waals surface area contributed by atoms with Gasteiger partial charge >= 0.3 is 0 Å². The Morgan fingerprint density at radius 1 is 1.00 bits per heavy atom. The number of pyridine rings is 1. The van der Waals surface area contributed by atoms with Gasteiger partial charge in [0, 0.05) is 11.1 Å². The number of aromatic nitrogens is 1. The average Bonchev–Trinajstić information content (AvgIpc) is 2.38. The molecular formula is C16H19N. The molecule has 0 amide bonds. The first-order chi connectivity index (χ1) is 8.40. The number of allylic oxidation sites excluding steroid dienone is 1. The Hall–Kier alpha value is -1.63. The summed E-state index contributed by atoms with van der Waals surface area (Å²) in [5, 5.41) is 1.22. The van der Waals surface area contributed by atoms with Crippen LogP contribution in [0.25, 0.3) is 10.9 Å². The lowest BCUT2D eigenvalue weighted by molar-refractivity contribution is 0.681. The van der Waals surface area contributed by atoms with Crippen molar-refractivity contribution in [3.05, 3.63) is 54.7 Å². The molecule has 2 rings (SSSR count). The second kappa shape index (κ2) is 6.19. The molecule has 1 aromatic carbocycles. The van der Waals surface area contributed by atoms with E-state index in [0.717, 1.165) is 18.4 Å². The fourth-order valence-corrected chi connectivity index (χ4v) is 2.02. The van der Waals surface area contributed by atoms with Crippen LogP contribution in [0, 0.1) is 0 Å². The number of unbranched alkanes of at least 4 members (excludes halogenated alkanes) is 3. The molecule has 0 radical (unpaired) electrons. The molecule has 1 heterocycles. The zero-order valence-electron chi connectivity index (χ0n) is 10.2. The third kappa shape index (κ3) is 3.42. The highest BCUT2D eigenvalue weighted by atomic mass is 14.7. The van der Waals surface area contributed by atoms with E-state index in [9.17, 15) is 0 Å². The lowest BCUT2D eigenvalue weighted by Crippen LogP contribution is -1.91. The van der Waals surface area contributed by atoms with Crippen LogP contribution in [-0.2, 0) is 6.42 Å². The van der Waals surface area contributed by atoms with Crippen LogP contribution < -0.4 is 0 Å². The highest BCUT2D eigenvalue weighted by molar-refractivity contribution is 5.78. The van der Waals surface area contributed by atoms with Gasteiger partial charge in [-0.15, -0.1) is 6.58 Å². The summed E-state index contributed by atoms with van der Waals surface area (Å²) in [6, 6.07) is 12.6. The number of hydrogen-bond donors (Lipinski definition) is 0. The fourth-order valence-electron chi connectivity index (χ4n) is 2.02. The SMILES string of the molecule is C=CCCCCCc1ccc2ccccc2n1. The van der Waals surface area contributed by atoms with Crippen LogP contribution in [0.3, 0.4) is 0 Å². The average molecular weight is 225 g/mol. The molecule has 1 nitrogen and oxygen atoms in total. The van der Waals surface area contributed by atoms with E-state index in [2.05, 4.69) is 41.9 Å². The van der Waals surface area contributed by atoms with E-state index in [-0.39, 0.29) is 0 Å². The standard InChI is InChI=1S/C16H19N/c1-2-3-4-5-6-10-15-13-12-14-9-7-8-11-16(14)17-15/h2,7-9,11-13H,1,3-6,10H2. The van der Waals surface area contributed by atoms with Crippen LogP contribution >= 0.6 is 0 Å². The smallest absolute Gasteiger partial charge is 0.0705 e. The van der Waals surface area contributed by atoms with Gasteiger partial charge in [0.2, 0.25) is 0 Å². The Morgan fingerprint density at radius 2 is 1.88 bits per heavy atom. The van der Waals surface area contributed by atoms with Crippen molar-refractivity contribution in [3.8, 4) is 0 Å². The van der Waals surface area contributed by atoms with Crippen LogP contribution in [0.1, 0.15) is 31.4 Å². The second-order valence-electron chi connectivity index (χ2n) is 4.38. The van der Waals surface area contributed by atoms with Crippen molar-refractivity contribution >= 4 is 10.9 Å². The molecule has 0 saturated heterocycles. The summed E-state index contributed by atoms with van der Waals surface area (Å²) in [6.45, 7) is 3.74. The first-order valence-corrected chi connectivity index (χ1v) is 6.36. The van der Waals surface area contributed by atoms with Gasteiger partial charge in [0.1, 0.15) is 0 Å². The van der Waals surface area contributed by atoms with Crippen molar-refractivity contribution in [1.82, 2.24) is 4.98 Å². The number of benzene rings is 1. The summed E-state index contributed by atoms with van der Waals surface area (Å²) in [4.78, 5) is 4.67. The predicted octanol–water partition coefficient (Wildman–Crippen LogP) is 4.52. The molecule has 0 atom stereocenters. The molecule has 1 aromatic heterocycles. The number of aryl methyl sites for hydroxylation is 1. The van der Waals surface area contributed by atoms with Gasteiger partial charge in [0.05, 0.1) is 5.52 Å². The minimum Gasteiger partial charge on any atom is -0.253 e. The number of para-hydroxylation sites is 1. The van der Waals surface area contributed by atoms with Crippen LogP contribution in [-0.4, -0.2) is 4.98 Å². The minimum atomic E-state index is 1.09. The van der Waals surface area contributed by atoms with Crippen molar-refractivity contribution < 1.29 is 0 Å². The van der Waals surface area contributed by atoms with E-state index in [0.29, 0.717) is 0 Å². The topological polar surface area (TPSA) is 12.9 Å². The first-order valence-electron chi connectivity index (χ1n) is 6.36. The van der Waals surface area contributed by atoms with Crippen molar-refractivity contribution in [1.29, 1.82) is 0 Å². The number of fused-ring (bicyclic) bond motifs is 1. The van der Waals surface area contributed by atoms with Crippen molar-refractivity contribution in [2.75, 3.05) is 0 Å². The molecular weight excluding hydrogens is 206 g/mol. The van der Waals surface area contributed by atoms with Gasteiger partial charge in [-0.25, -0.2) is 0 Å². The summed E-state index contributed by atoms with van der Waals surface area (Å²) in [7, 11) is 0. The van der Waals surface area contributed by atoms with Crippen LogP contribution in [0.5, 0.6) is 0 Å². The Labute approximate surface area is 103 Å². The van der Waals surface area contributed by atoms with Crippen molar-refractivity contribution in [3.63, 3.8) is 0 Å². The van der Waals surface area contributed by atoms with E-state index in [1.54, 1.807) is 0 Å². The molecule has 0 N–H and O–H groups in total. The molecule has 1 heteroatoms. The Kier molecular flexibility index (Phi) is 4.31. The molecule has 0 aliphatic heterocycles. The quantitative estimate of drug-likeness (QED) is 0.520. The van der Waals surface area contributed by atoms with Gasteiger partial charge in [0.15, 0.2) is 0 Å².